The first kappa shape index (κ1) is 21.7. The number of hydrogen-bond donors (Lipinski definition) is 1. The quantitative estimate of drug-likeness (QED) is 0.337. The summed E-state index contributed by atoms with van der Waals surface area (Å²) in [7, 11) is 1.67. The lowest BCUT2D eigenvalue weighted by Gasteiger charge is -2.38. The summed E-state index contributed by atoms with van der Waals surface area (Å²) in [6.07, 6.45) is 5.49. The molecule has 164 valence electrons. The van der Waals surface area contributed by atoms with Gasteiger partial charge in [-0.15, -0.1) is 0 Å². The molecule has 1 N–H and O–H groups in total. The van der Waals surface area contributed by atoms with Crippen LogP contribution in [0, 0.1) is 5.92 Å². The highest BCUT2D eigenvalue weighted by atomic mass is 79.9. The monoisotopic (exact) mass is 529 g/mol. The minimum atomic E-state index is 0.0883. The first-order chi connectivity index (χ1) is 15.5. The van der Waals surface area contributed by atoms with Crippen molar-refractivity contribution in [1.82, 2.24) is 0 Å². The molecular weight excluding hydrogens is 509 g/mol. The molecule has 3 atom stereocenters. The summed E-state index contributed by atoms with van der Waals surface area (Å²) in [5.74, 6) is 2.00. The van der Waals surface area contributed by atoms with Crippen LogP contribution in [0.15, 0.2) is 71.2 Å². The maximum Gasteiger partial charge on any atom is 0.175 e. The van der Waals surface area contributed by atoms with Gasteiger partial charge in [0.05, 0.1) is 17.6 Å². The Morgan fingerprint density at radius 1 is 1.09 bits per heavy atom. The van der Waals surface area contributed by atoms with E-state index in [0.717, 1.165) is 33.3 Å². The number of anilines is 1. The Bertz CT molecular complexity index is 1180. The maximum atomic E-state index is 6.58. The number of rotatable bonds is 5. The number of ether oxygens (including phenoxy) is 2. The largest absolute Gasteiger partial charge is 0.493 e. The molecular formula is C26H22BrCl2NO2. The Balaban J connectivity index is 1.49. The molecule has 0 saturated heterocycles. The topological polar surface area (TPSA) is 30.5 Å². The second kappa shape index (κ2) is 9.01. The van der Waals surface area contributed by atoms with Gasteiger partial charge in [0.2, 0.25) is 0 Å². The van der Waals surface area contributed by atoms with Crippen molar-refractivity contribution in [2.45, 2.75) is 25.0 Å². The number of methoxy groups -OCH3 is 1. The second-order valence-corrected chi connectivity index (χ2v) is 9.83. The second-order valence-electron chi connectivity index (χ2n) is 8.13. The van der Waals surface area contributed by atoms with Crippen molar-refractivity contribution in [2.24, 2.45) is 5.92 Å². The fourth-order valence-electron chi connectivity index (χ4n) is 4.76. The van der Waals surface area contributed by atoms with E-state index < -0.39 is 0 Å². The molecule has 1 aliphatic heterocycles. The Labute approximate surface area is 206 Å². The number of halogens is 3. The van der Waals surface area contributed by atoms with Crippen molar-refractivity contribution >= 4 is 44.8 Å². The molecule has 1 heterocycles. The molecule has 0 unspecified atom stereocenters. The minimum Gasteiger partial charge on any atom is -0.493 e. The zero-order valence-electron chi connectivity index (χ0n) is 17.4. The van der Waals surface area contributed by atoms with E-state index in [9.17, 15) is 0 Å². The number of allylic oxidation sites excluding steroid dienone is 2. The minimum absolute atomic E-state index is 0.0883. The van der Waals surface area contributed by atoms with Crippen molar-refractivity contribution in [3.05, 3.63) is 98.0 Å². The Kier molecular flexibility index (Phi) is 6.11. The van der Waals surface area contributed by atoms with Crippen LogP contribution in [0.3, 0.4) is 0 Å². The summed E-state index contributed by atoms with van der Waals surface area (Å²) in [6.45, 7) is 0.468. The SMILES string of the molecule is COc1cc([C@@H]2Nc3cc(Cl)cc(Cl)c3[C@@H]3C=CC[C@H]32)cc(Br)c1OCc1ccccc1. The molecule has 1 aliphatic carbocycles. The fraction of sp³-hybridized carbons (Fsp3) is 0.231. The molecule has 3 aromatic carbocycles. The molecule has 0 radical (unpaired) electrons. The summed E-state index contributed by atoms with van der Waals surface area (Å²) in [5, 5.41) is 5.04. The smallest absolute Gasteiger partial charge is 0.175 e. The molecule has 6 heteroatoms. The van der Waals surface area contributed by atoms with E-state index in [-0.39, 0.29) is 12.0 Å². The van der Waals surface area contributed by atoms with Gasteiger partial charge in [0.25, 0.3) is 0 Å². The van der Waals surface area contributed by atoms with E-state index in [2.05, 4.69) is 45.5 Å². The zero-order chi connectivity index (χ0) is 22.2. The highest BCUT2D eigenvalue weighted by Crippen LogP contribution is 2.53. The van der Waals surface area contributed by atoms with Crippen LogP contribution in [0.5, 0.6) is 11.5 Å². The lowest BCUT2D eigenvalue weighted by molar-refractivity contribution is 0.282. The Hall–Kier alpha value is -2.14. The average Bonchev–Trinajstić information content (AvgIpc) is 3.27. The molecule has 0 bridgehead atoms. The summed E-state index contributed by atoms with van der Waals surface area (Å²) in [6, 6.07) is 18.1. The van der Waals surface area contributed by atoms with Crippen LogP contribution in [0.25, 0.3) is 0 Å². The Morgan fingerprint density at radius 2 is 1.91 bits per heavy atom. The molecule has 0 aromatic heterocycles. The van der Waals surface area contributed by atoms with Gasteiger partial charge in [0, 0.05) is 27.2 Å². The predicted octanol–water partition coefficient (Wildman–Crippen LogP) is 8.17. The van der Waals surface area contributed by atoms with E-state index >= 15 is 0 Å². The number of hydrogen-bond acceptors (Lipinski definition) is 3. The molecule has 5 rings (SSSR count). The normalized spacial score (nSPS) is 20.9. The van der Waals surface area contributed by atoms with Gasteiger partial charge in [-0.3, -0.25) is 0 Å². The van der Waals surface area contributed by atoms with Gasteiger partial charge in [-0.2, -0.15) is 0 Å². The molecule has 0 amide bonds. The summed E-state index contributed by atoms with van der Waals surface area (Å²) in [5.41, 5.74) is 4.34. The molecule has 2 aliphatic rings. The summed E-state index contributed by atoms with van der Waals surface area (Å²) < 4.78 is 12.7. The first-order valence-corrected chi connectivity index (χ1v) is 12.1. The van der Waals surface area contributed by atoms with Crippen molar-refractivity contribution < 1.29 is 9.47 Å². The lowest BCUT2D eigenvalue weighted by Crippen LogP contribution is -2.29. The van der Waals surface area contributed by atoms with Crippen molar-refractivity contribution in [2.75, 3.05) is 12.4 Å². The van der Waals surface area contributed by atoms with Gasteiger partial charge in [0.15, 0.2) is 11.5 Å². The van der Waals surface area contributed by atoms with Gasteiger partial charge in [0.1, 0.15) is 6.61 Å². The molecule has 32 heavy (non-hydrogen) atoms. The molecule has 3 aromatic rings. The van der Waals surface area contributed by atoms with Gasteiger partial charge in [-0.05, 0) is 63.7 Å². The molecule has 3 nitrogen and oxygen atoms in total. The van der Waals surface area contributed by atoms with Crippen molar-refractivity contribution in [3.8, 4) is 11.5 Å². The third-order valence-corrected chi connectivity index (χ3v) is 7.34. The molecule has 0 spiro atoms. The van der Waals surface area contributed by atoms with E-state index in [1.54, 1.807) is 7.11 Å². The average molecular weight is 531 g/mol. The highest BCUT2D eigenvalue weighted by Gasteiger charge is 2.39. The van der Waals surface area contributed by atoms with E-state index in [0.29, 0.717) is 34.1 Å². The van der Waals surface area contributed by atoms with Crippen LogP contribution >= 0.6 is 39.1 Å². The number of nitrogens with one attached hydrogen (secondary N) is 1. The van der Waals surface area contributed by atoms with E-state index in [1.807, 2.05) is 42.5 Å². The molecule has 0 fully saturated rings. The lowest BCUT2D eigenvalue weighted by atomic mass is 9.77. The van der Waals surface area contributed by atoms with Crippen molar-refractivity contribution in [3.63, 3.8) is 0 Å². The van der Waals surface area contributed by atoms with Gasteiger partial charge >= 0.3 is 0 Å². The van der Waals surface area contributed by atoms with E-state index in [4.69, 9.17) is 32.7 Å². The summed E-state index contributed by atoms with van der Waals surface area (Å²) in [4.78, 5) is 0. The number of fused-ring (bicyclic) bond motifs is 3. The van der Waals surface area contributed by atoms with Crippen LogP contribution in [0.1, 0.15) is 35.1 Å². The number of benzene rings is 3. The zero-order valence-corrected chi connectivity index (χ0v) is 20.5. The molecule has 0 saturated carbocycles. The van der Waals surface area contributed by atoms with Gasteiger partial charge < -0.3 is 14.8 Å². The van der Waals surface area contributed by atoms with Crippen LogP contribution in [-0.2, 0) is 6.61 Å². The highest BCUT2D eigenvalue weighted by molar-refractivity contribution is 9.10. The Morgan fingerprint density at radius 3 is 2.69 bits per heavy atom. The van der Waals surface area contributed by atoms with Crippen LogP contribution in [-0.4, -0.2) is 7.11 Å². The predicted molar refractivity (Wildman–Crippen MR) is 134 cm³/mol. The fourth-order valence-corrected chi connectivity index (χ4v) is 5.96. The van der Waals surface area contributed by atoms with Gasteiger partial charge in [-0.1, -0.05) is 65.7 Å². The third kappa shape index (κ3) is 4.00. The third-order valence-electron chi connectivity index (χ3n) is 6.22. The maximum absolute atomic E-state index is 6.58. The van der Waals surface area contributed by atoms with Gasteiger partial charge in [-0.25, -0.2) is 0 Å². The van der Waals surface area contributed by atoms with Crippen LogP contribution in [0.2, 0.25) is 10.0 Å². The van der Waals surface area contributed by atoms with E-state index in [1.165, 1.54) is 0 Å². The standard InChI is InChI=1S/C26H22BrCl2NO2/c1-31-23-11-16(10-20(27)26(23)32-14-15-6-3-2-4-7-15)25-19-9-5-8-18(19)24-21(29)12-17(28)13-22(24)30-25/h2-8,10-13,18-19,25,30H,9,14H2,1H3/t18-,19-,25+/m1/s1. The first-order valence-electron chi connectivity index (χ1n) is 10.5. The van der Waals surface area contributed by atoms with Crippen LogP contribution in [0.4, 0.5) is 5.69 Å². The summed E-state index contributed by atoms with van der Waals surface area (Å²) >= 11 is 16.6. The van der Waals surface area contributed by atoms with Crippen molar-refractivity contribution in [1.29, 1.82) is 0 Å². The van der Waals surface area contributed by atoms with Crippen LogP contribution < -0.4 is 14.8 Å².